The van der Waals surface area contributed by atoms with E-state index in [0.29, 0.717) is 17.5 Å². The normalized spacial score (nSPS) is 10.5. The monoisotopic (exact) mass is 266 g/mol. The minimum absolute atomic E-state index is 0.496. The molecule has 1 aromatic heterocycles. The van der Waals surface area contributed by atoms with Gasteiger partial charge >= 0.3 is 0 Å². The van der Waals surface area contributed by atoms with Crippen molar-refractivity contribution in [2.24, 2.45) is 11.7 Å². The molecule has 0 radical (unpaired) electrons. The Labute approximate surface area is 115 Å². The first-order valence-electron chi connectivity index (χ1n) is 6.11. The number of benzene rings is 2. The molecule has 3 rings (SSSR count). The average molecular weight is 266 g/mol. The summed E-state index contributed by atoms with van der Waals surface area (Å²) in [7, 11) is 0. The number of hydrazine groups is 2. The first-order chi connectivity index (χ1) is 9.80. The molecule has 3 aromatic rings. The second kappa shape index (κ2) is 5.12. The Hall–Kier alpha value is -2.70. The van der Waals surface area contributed by atoms with Gasteiger partial charge in [0, 0.05) is 11.6 Å². The lowest BCUT2D eigenvalue weighted by atomic mass is 10.1. The maximum Gasteiger partial charge on any atom is 0.163 e. The Bertz CT molecular complexity index is 733. The number of anilines is 2. The highest BCUT2D eigenvalue weighted by molar-refractivity contribution is 5.86. The van der Waals surface area contributed by atoms with Crippen molar-refractivity contribution < 1.29 is 0 Å². The van der Waals surface area contributed by atoms with Crippen LogP contribution in [0.3, 0.4) is 0 Å². The van der Waals surface area contributed by atoms with Crippen LogP contribution in [-0.2, 0) is 0 Å². The van der Waals surface area contributed by atoms with Crippen molar-refractivity contribution in [3.05, 3.63) is 48.5 Å². The van der Waals surface area contributed by atoms with E-state index in [0.717, 1.165) is 10.9 Å². The summed E-state index contributed by atoms with van der Waals surface area (Å²) >= 11 is 0. The summed E-state index contributed by atoms with van der Waals surface area (Å²) in [6.07, 6.45) is 0. The fourth-order valence-electron chi connectivity index (χ4n) is 2.05. The first kappa shape index (κ1) is 12.3. The highest BCUT2D eigenvalue weighted by Gasteiger charge is 2.06. The molecular weight excluding hydrogens is 252 g/mol. The number of nitrogens with one attached hydrogen (secondary N) is 2. The predicted molar refractivity (Wildman–Crippen MR) is 80.6 cm³/mol. The minimum atomic E-state index is 0.496. The van der Waals surface area contributed by atoms with Crippen molar-refractivity contribution in [2.75, 3.05) is 10.9 Å². The number of hydrogen-bond donors (Lipinski definition) is 4. The lowest BCUT2D eigenvalue weighted by molar-refractivity contribution is 1.13. The number of fused-ring (bicyclic) bond motifs is 1. The number of aromatic nitrogens is 2. The number of rotatable bonds is 3. The van der Waals surface area contributed by atoms with E-state index in [9.17, 15) is 0 Å². The number of hydrogen-bond acceptors (Lipinski definition) is 6. The molecule has 0 saturated carbocycles. The third kappa shape index (κ3) is 2.25. The lowest BCUT2D eigenvalue weighted by Gasteiger charge is -2.08. The van der Waals surface area contributed by atoms with Gasteiger partial charge in [0.05, 0.1) is 0 Å². The van der Waals surface area contributed by atoms with Crippen LogP contribution in [0.4, 0.5) is 11.6 Å². The van der Waals surface area contributed by atoms with E-state index in [4.69, 9.17) is 11.7 Å². The van der Waals surface area contributed by atoms with Crippen molar-refractivity contribution in [2.45, 2.75) is 0 Å². The van der Waals surface area contributed by atoms with Gasteiger partial charge in [0.15, 0.2) is 5.82 Å². The predicted octanol–water partition coefficient (Wildman–Crippen LogP) is 1.87. The summed E-state index contributed by atoms with van der Waals surface area (Å²) in [6, 6.07) is 15.8. The van der Waals surface area contributed by atoms with Crippen molar-refractivity contribution in [3.8, 4) is 11.4 Å². The Balaban J connectivity index is 2.14. The van der Waals surface area contributed by atoms with Gasteiger partial charge in [-0.15, -0.1) is 0 Å². The molecule has 0 bridgehead atoms. The second-order valence-electron chi connectivity index (χ2n) is 4.31. The molecule has 2 aromatic carbocycles. The summed E-state index contributed by atoms with van der Waals surface area (Å²) in [5.41, 5.74) is 5.90. The van der Waals surface area contributed by atoms with E-state index in [1.807, 2.05) is 36.4 Å². The van der Waals surface area contributed by atoms with Gasteiger partial charge in [-0.3, -0.25) is 0 Å². The molecule has 0 aliphatic carbocycles. The fraction of sp³-hybridized carbons (Fsp3) is 0. The fourth-order valence-corrected chi connectivity index (χ4v) is 2.05. The van der Waals surface area contributed by atoms with Gasteiger partial charge in [-0.2, -0.15) is 0 Å². The van der Waals surface area contributed by atoms with Crippen LogP contribution in [0.1, 0.15) is 0 Å². The summed E-state index contributed by atoms with van der Waals surface area (Å²) < 4.78 is 0. The summed E-state index contributed by atoms with van der Waals surface area (Å²) in [5.74, 6) is 12.4. The van der Waals surface area contributed by atoms with Crippen LogP contribution in [0.2, 0.25) is 0 Å². The van der Waals surface area contributed by atoms with Crippen LogP contribution in [0, 0.1) is 0 Å². The Morgan fingerprint density at radius 2 is 1.40 bits per heavy atom. The summed E-state index contributed by atoms with van der Waals surface area (Å²) in [6.45, 7) is 0. The molecule has 0 atom stereocenters. The Kier molecular flexibility index (Phi) is 3.16. The van der Waals surface area contributed by atoms with E-state index in [-0.39, 0.29) is 0 Å². The topological polar surface area (TPSA) is 102 Å². The Morgan fingerprint density at radius 3 is 2.05 bits per heavy atom. The molecule has 0 aliphatic rings. The number of nitrogen functional groups attached to an aromatic ring is 2. The summed E-state index contributed by atoms with van der Waals surface area (Å²) in [5, 5.41) is 2.29. The lowest BCUT2D eigenvalue weighted by Crippen LogP contribution is -2.13. The molecule has 20 heavy (non-hydrogen) atoms. The van der Waals surface area contributed by atoms with Crippen molar-refractivity contribution in [3.63, 3.8) is 0 Å². The van der Waals surface area contributed by atoms with Crippen LogP contribution in [0.5, 0.6) is 0 Å². The summed E-state index contributed by atoms with van der Waals surface area (Å²) in [4.78, 5) is 8.67. The van der Waals surface area contributed by atoms with Crippen LogP contribution in [0.15, 0.2) is 48.5 Å². The van der Waals surface area contributed by atoms with Gasteiger partial charge in [-0.1, -0.05) is 36.4 Å². The smallest absolute Gasteiger partial charge is 0.163 e. The zero-order valence-corrected chi connectivity index (χ0v) is 10.7. The highest BCUT2D eigenvalue weighted by Crippen LogP contribution is 2.24. The molecule has 0 unspecified atom stereocenters. The molecule has 0 fully saturated rings. The molecular formula is C14H14N6. The maximum absolute atomic E-state index is 5.40. The molecule has 6 nitrogen and oxygen atoms in total. The molecule has 6 N–H and O–H groups in total. The molecule has 0 spiro atoms. The van der Waals surface area contributed by atoms with Crippen LogP contribution in [-0.4, -0.2) is 9.97 Å². The molecule has 0 aliphatic heterocycles. The van der Waals surface area contributed by atoms with Crippen molar-refractivity contribution in [1.82, 2.24) is 9.97 Å². The zero-order chi connectivity index (χ0) is 13.9. The largest absolute Gasteiger partial charge is 0.308 e. The standard InChI is InChI=1S/C14H14N6/c15-19-12-8-13(20-16)18-14(17-12)11-6-5-9-3-1-2-4-10(9)7-11/h1-8H,15-16H2,(H2,17,18,19,20). The SMILES string of the molecule is NNc1cc(NN)nc(-c2ccc3ccccc3c2)n1. The molecule has 0 saturated heterocycles. The van der Waals surface area contributed by atoms with Gasteiger partial charge in [-0.05, 0) is 16.8 Å². The van der Waals surface area contributed by atoms with Gasteiger partial charge in [0.2, 0.25) is 0 Å². The third-order valence-corrected chi connectivity index (χ3v) is 3.03. The quantitative estimate of drug-likeness (QED) is 0.426. The highest BCUT2D eigenvalue weighted by atomic mass is 15.3. The second-order valence-corrected chi connectivity index (χ2v) is 4.31. The van der Waals surface area contributed by atoms with E-state index >= 15 is 0 Å². The van der Waals surface area contributed by atoms with E-state index in [1.54, 1.807) is 6.07 Å². The Morgan fingerprint density at radius 1 is 0.750 bits per heavy atom. The molecule has 100 valence electrons. The van der Waals surface area contributed by atoms with Crippen LogP contribution < -0.4 is 22.5 Å². The van der Waals surface area contributed by atoms with Crippen molar-refractivity contribution in [1.29, 1.82) is 0 Å². The van der Waals surface area contributed by atoms with E-state index < -0.39 is 0 Å². The zero-order valence-electron chi connectivity index (χ0n) is 10.7. The van der Waals surface area contributed by atoms with Gasteiger partial charge in [-0.25, -0.2) is 21.7 Å². The van der Waals surface area contributed by atoms with Crippen LogP contribution >= 0.6 is 0 Å². The van der Waals surface area contributed by atoms with E-state index in [2.05, 4.69) is 26.9 Å². The van der Waals surface area contributed by atoms with Crippen LogP contribution in [0.25, 0.3) is 22.2 Å². The third-order valence-electron chi connectivity index (χ3n) is 3.03. The van der Waals surface area contributed by atoms with Gasteiger partial charge in [0.1, 0.15) is 11.6 Å². The molecule has 0 amide bonds. The van der Waals surface area contributed by atoms with Gasteiger partial charge in [0.25, 0.3) is 0 Å². The number of nitrogens with two attached hydrogens (primary N) is 2. The molecule has 6 heteroatoms. The van der Waals surface area contributed by atoms with E-state index in [1.165, 1.54) is 5.39 Å². The van der Waals surface area contributed by atoms with Gasteiger partial charge < -0.3 is 10.9 Å². The number of nitrogens with zero attached hydrogens (tertiary/aromatic N) is 2. The molecule has 1 heterocycles. The first-order valence-corrected chi connectivity index (χ1v) is 6.11. The minimum Gasteiger partial charge on any atom is -0.308 e. The van der Waals surface area contributed by atoms with Crippen molar-refractivity contribution >= 4 is 22.4 Å². The maximum atomic E-state index is 5.40. The average Bonchev–Trinajstić information content (AvgIpc) is 2.53.